The van der Waals surface area contributed by atoms with Crippen LogP contribution in [0, 0.1) is 0 Å². The van der Waals surface area contributed by atoms with Crippen molar-refractivity contribution in [1.82, 2.24) is 4.98 Å². The average molecular weight is 193 g/mol. The Bertz CT molecular complexity index is 260. The number of aromatic nitrogens is 1. The molecule has 1 N–H and O–H groups in total. The number of hydrogen-bond acceptors (Lipinski definition) is 3. The second-order valence-electron chi connectivity index (χ2n) is 1.72. The zero-order valence-corrected chi connectivity index (χ0v) is 6.91. The Labute approximate surface area is 69.8 Å². The van der Waals surface area contributed by atoms with Crippen LogP contribution in [0.3, 0.4) is 0 Å². The normalized spacial score (nSPS) is 9.83. The maximum Gasteiger partial charge on any atom is 0.294 e. The quantitative estimate of drug-likeness (QED) is 0.672. The van der Waals surface area contributed by atoms with Crippen molar-refractivity contribution >= 4 is 10.1 Å². The Morgan fingerprint density at radius 2 is 1.67 bits per heavy atom. The lowest BCUT2D eigenvalue weighted by atomic mass is 10.5. The highest BCUT2D eigenvalue weighted by Gasteiger charge is 1.97. The third-order valence-electron chi connectivity index (χ3n) is 0.704. The molecule has 68 valence electrons. The summed E-state index contributed by atoms with van der Waals surface area (Å²) < 4.78 is 36.4. The van der Waals surface area contributed by atoms with Crippen molar-refractivity contribution in [2.75, 3.05) is 6.01 Å². The maximum atomic E-state index is 10.7. The maximum absolute atomic E-state index is 10.7. The molecule has 0 aromatic carbocycles. The van der Waals surface area contributed by atoms with Gasteiger partial charge in [-0.05, 0) is 12.1 Å². The molecule has 0 aliphatic heterocycles. The van der Waals surface area contributed by atoms with E-state index in [0.29, 0.717) is 0 Å². The Morgan fingerprint density at radius 3 is 1.75 bits per heavy atom. The van der Waals surface area contributed by atoms with Crippen LogP contribution < -0.4 is 0 Å². The molecule has 1 aromatic heterocycles. The second-order valence-corrected chi connectivity index (χ2v) is 3.10. The lowest BCUT2D eigenvalue weighted by Gasteiger charge is -1.77. The van der Waals surface area contributed by atoms with Gasteiger partial charge >= 0.3 is 0 Å². The first kappa shape index (κ1) is 11.0. The summed E-state index contributed by atoms with van der Waals surface area (Å²) >= 11 is 0. The van der Waals surface area contributed by atoms with E-state index in [2.05, 4.69) is 4.98 Å². The SMILES string of the molecule is O=S(=O)(O)CF.c1ccncc1. The number of alkyl halides is 1. The zero-order valence-electron chi connectivity index (χ0n) is 6.09. The molecule has 0 spiro atoms. The highest BCUT2D eigenvalue weighted by atomic mass is 32.2. The fraction of sp³-hybridized carbons (Fsp3) is 0.167. The van der Waals surface area contributed by atoms with Gasteiger partial charge < -0.3 is 0 Å². The molecule has 1 rings (SSSR count). The molecule has 0 atom stereocenters. The van der Waals surface area contributed by atoms with Crippen LogP contribution in [0.4, 0.5) is 4.39 Å². The van der Waals surface area contributed by atoms with Gasteiger partial charge in [-0.3, -0.25) is 9.54 Å². The fourth-order valence-electron chi connectivity index (χ4n) is 0.313. The summed E-state index contributed by atoms with van der Waals surface area (Å²) in [5.41, 5.74) is 0. The van der Waals surface area contributed by atoms with Crippen LogP contribution in [0.2, 0.25) is 0 Å². The molecule has 0 amide bonds. The Hall–Kier alpha value is -1.01. The first-order valence-corrected chi connectivity index (χ1v) is 4.53. The Morgan fingerprint density at radius 1 is 1.25 bits per heavy atom. The van der Waals surface area contributed by atoms with Crippen LogP contribution in [0.15, 0.2) is 30.6 Å². The minimum absolute atomic E-state index is 1.70. The number of nitrogens with zero attached hydrogens (tertiary/aromatic N) is 1. The van der Waals surface area contributed by atoms with Gasteiger partial charge in [0.1, 0.15) is 0 Å². The standard InChI is InChI=1S/C5H5N.CH3FO3S/c1-2-4-6-5-3-1;2-1-6(3,4)5/h1-5H;1H2,(H,3,4,5). The molecule has 0 fully saturated rings. The van der Waals surface area contributed by atoms with E-state index >= 15 is 0 Å². The molecule has 1 heterocycles. The van der Waals surface area contributed by atoms with E-state index in [1.165, 1.54) is 0 Å². The van der Waals surface area contributed by atoms with Crippen LogP contribution in [0.25, 0.3) is 0 Å². The molecule has 1 aromatic rings. The molecule has 0 unspecified atom stereocenters. The molecular weight excluding hydrogens is 185 g/mol. The molecule has 6 heteroatoms. The van der Waals surface area contributed by atoms with Crippen molar-refractivity contribution in [3.63, 3.8) is 0 Å². The van der Waals surface area contributed by atoms with Crippen molar-refractivity contribution in [1.29, 1.82) is 0 Å². The predicted molar refractivity (Wildman–Crippen MR) is 41.8 cm³/mol. The van der Waals surface area contributed by atoms with Gasteiger partial charge in [-0.1, -0.05) is 6.07 Å². The predicted octanol–water partition coefficient (Wildman–Crippen LogP) is 0.883. The van der Waals surface area contributed by atoms with Crippen LogP contribution in [-0.2, 0) is 10.1 Å². The van der Waals surface area contributed by atoms with Crippen molar-refractivity contribution in [3.8, 4) is 0 Å². The minimum atomic E-state index is -4.33. The molecule has 12 heavy (non-hydrogen) atoms. The van der Waals surface area contributed by atoms with E-state index in [1.807, 2.05) is 18.2 Å². The third kappa shape index (κ3) is 8.99. The van der Waals surface area contributed by atoms with E-state index in [0.717, 1.165) is 0 Å². The van der Waals surface area contributed by atoms with Crippen LogP contribution in [0.5, 0.6) is 0 Å². The number of halogens is 1. The van der Waals surface area contributed by atoms with Crippen molar-refractivity contribution in [2.45, 2.75) is 0 Å². The van der Waals surface area contributed by atoms with Crippen LogP contribution in [-0.4, -0.2) is 24.0 Å². The van der Waals surface area contributed by atoms with Gasteiger partial charge in [0.05, 0.1) is 0 Å². The minimum Gasteiger partial charge on any atom is -0.284 e. The molecule has 0 aliphatic carbocycles. The summed E-state index contributed by atoms with van der Waals surface area (Å²) in [6.45, 7) is 0. The average Bonchev–Trinajstić information content (AvgIpc) is 2.07. The van der Waals surface area contributed by atoms with E-state index in [1.54, 1.807) is 12.4 Å². The largest absolute Gasteiger partial charge is 0.294 e. The lowest BCUT2D eigenvalue weighted by molar-refractivity contribution is 0.447. The summed E-state index contributed by atoms with van der Waals surface area (Å²) in [6.07, 6.45) is 3.50. The summed E-state index contributed by atoms with van der Waals surface area (Å²) in [7, 11) is -4.33. The monoisotopic (exact) mass is 193 g/mol. The number of hydrogen-bond donors (Lipinski definition) is 1. The Balaban J connectivity index is 0.000000202. The summed E-state index contributed by atoms with van der Waals surface area (Å²) in [5, 5.41) is 0. The van der Waals surface area contributed by atoms with Gasteiger partial charge in [-0.2, -0.15) is 8.42 Å². The molecule has 0 aliphatic rings. The van der Waals surface area contributed by atoms with E-state index in [4.69, 9.17) is 4.55 Å². The lowest BCUT2D eigenvalue weighted by Crippen LogP contribution is -1.96. The first-order chi connectivity index (χ1) is 5.56. The van der Waals surface area contributed by atoms with Gasteiger partial charge in [0.15, 0.2) is 0 Å². The molecule has 4 nitrogen and oxygen atoms in total. The Kier molecular flexibility index (Phi) is 5.14. The van der Waals surface area contributed by atoms with E-state index in [9.17, 15) is 12.8 Å². The molecule has 0 saturated heterocycles. The van der Waals surface area contributed by atoms with Gasteiger partial charge in [-0.25, -0.2) is 4.39 Å². The topological polar surface area (TPSA) is 67.3 Å². The first-order valence-electron chi connectivity index (χ1n) is 2.92. The van der Waals surface area contributed by atoms with Gasteiger partial charge in [0.25, 0.3) is 10.1 Å². The number of rotatable bonds is 1. The van der Waals surface area contributed by atoms with Crippen molar-refractivity contribution in [2.24, 2.45) is 0 Å². The fourth-order valence-corrected chi connectivity index (χ4v) is 0.313. The molecule has 0 saturated carbocycles. The van der Waals surface area contributed by atoms with Crippen molar-refractivity contribution in [3.05, 3.63) is 30.6 Å². The summed E-state index contributed by atoms with van der Waals surface area (Å²) in [5.74, 6) is 0. The van der Waals surface area contributed by atoms with E-state index in [-0.39, 0.29) is 0 Å². The summed E-state index contributed by atoms with van der Waals surface area (Å²) in [4.78, 5) is 3.78. The van der Waals surface area contributed by atoms with Gasteiger partial charge in [-0.15, -0.1) is 0 Å². The third-order valence-corrected chi connectivity index (χ3v) is 0.980. The van der Waals surface area contributed by atoms with Gasteiger partial charge in [0.2, 0.25) is 6.01 Å². The van der Waals surface area contributed by atoms with Crippen LogP contribution >= 0.6 is 0 Å². The second kappa shape index (κ2) is 5.62. The zero-order chi connectivity index (χ0) is 9.45. The van der Waals surface area contributed by atoms with Gasteiger partial charge in [0, 0.05) is 12.4 Å². The molecule has 0 radical (unpaired) electrons. The summed E-state index contributed by atoms with van der Waals surface area (Å²) in [6, 6.07) is 4.01. The van der Waals surface area contributed by atoms with Crippen molar-refractivity contribution < 1.29 is 17.4 Å². The van der Waals surface area contributed by atoms with E-state index < -0.39 is 16.1 Å². The molecule has 0 bridgehead atoms. The highest BCUT2D eigenvalue weighted by molar-refractivity contribution is 7.85. The molecular formula is C6H8FNO3S. The highest BCUT2D eigenvalue weighted by Crippen LogP contribution is 1.77. The number of pyridine rings is 1. The van der Waals surface area contributed by atoms with Crippen LogP contribution in [0.1, 0.15) is 0 Å². The smallest absolute Gasteiger partial charge is 0.284 e.